The minimum Gasteiger partial charge on any atom is -0.493 e. The molecule has 2 heterocycles. The average molecular weight is 509 g/mol. The van der Waals surface area contributed by atoms with Crippen LogP contribution in [-0.2, 0) is 6.42 Å². The molecule has 0 saturated heterocycles. The highest BCUT2D eigenvalue weighted by Crippen LogP contribution is 2.38. The van der Waals surface area contributed by atoms with Crippen LogP contribution in [0.5, 0.6) is 23.0 Å². The third-order valence-electron chi connectivity index (χ3n) is 5.60. The number of hydrogen-bond acceptors (Lipinski definition) is 7. The Morgan fingerprint density at radius 1 is 1.03 bits per heavy atom. The molecule has 0 saturated carbocycles. The van der Waals surface area contributed by atoms with Crippen LogP contribution in [0.1, 0.15) is 22.8 Å². The maximum absolute atomic E-state index is 15.0. The number of hydrogen-bond donors (Lipinski definition) is 2. The number of ether oxygens (including phenoxy) is 3. The van der Waals surface area contributed by atoms with Gasteiger partial charge in [0.25, 0.3) is 5.91 Å². The summed E-state index contributed by atoms with van der Waals surface area (Å²) >= 11 is 0. The molecule has 0 aliphatic rings. The Labute approximate surface area is 212 Å². The topological polar surface area (TPSA) is 94.6 Å². The summed E-state index contributed by atoms with van der Waals surface area (Å²) in [6.45, 7) is 2.94. The van der Waals surface area contributed by atoms with E-state index in [9.17, 15) is 13.6 Å². The van der Waals surface area contributed by atoms with E-state index in [0.29, 0.717) is 47.5 Å². The van der Waals surface area contributed by atoms with Crippen LogP contribution in [0.4, 0.5) is 14.5 Å². The van der Waals surface area contributed by atoms with E-state index >= 15 is 0 Å². The van der Waals surface area contributed by atoms with Gasteiger partial charge in [-0.1, -0.05) is 6.92 Å². The van der Waals surface area contributed by atoms with Gasteiger partial charge in [-0.2, -0.15) is 0 Å². The van der Waals surface area contributed by atoms with Gasteiger partial charge in [-0.05, 0) is 37.2 Å². The monoisotopic (exact) mass is 508 g/mol. The number of rotatable bonds is 10. The number of carbonyl (C=O) groups is 1. The summed E-state index contributed by atoms with van der Waals surface area (Å²) in [5.74, 6) is -2.04. The molecule has 2 aromatic heterocycles. The second kappa shape index (κ2) is 11.6. The Kier molecular flexibility index (Phi) is 8.09. The van der Waals surface area contributed by atoms with E-state index in [1.807, 2.05) is 14.0 Å². The summed E-state index contributed by atoms with van der Waals surface area (Å²) in [4.78, 5) is 20.9. The van der Waals surface area contributed by atoms with E-state index in [2.05, 4.69) is 20.6 Å². The molecule has 0 aliphatic heterocycles. The van der Waals surface area contributed by atoms with Crippen molar-refractivity contribution in [3.8, 4) is 23.0 Å². The van der Waals surface area contributed by atoms with Gasteiger partial charge in [0, 0.05) is 54.4 Å². The molecule has 1 amide bonds. The summed E-state index contributed by atoms with van der Waals surface area (Å²) in [6, 6.07) is 8.51. The zero-order chi connectivity index (χ0) is 26.4. The molecule has 4 rings (SSSR count). The Morgan fingerprint density at radius 3 is 2.51 bits per heavy atom. The number of fused-ring (bicyclic) bond motifs is 1. The van der Waals surface area contributed by atoms with Gasteiger partial charge in [0.2, 0.25) is 0 Å². The molecule has 0 bridgehead atoms. The van der Waals surface area contributed by atoms with Crippen molar-refractivity contribution in [3.63, 3.8) is 0 Å². The molecule has 0 fully saturated rings. The van der Waals surface area contributed by atoms with Crippen LogP contribution in [0.3, 0.4) is 0 Å². The van der Waals surface area contributed by atoms with Gasteiger partial charge in [-0.3, -0.25) is 14.8 Å². The molecule has 2 aromatic carbocycles. The quantitative estimate of drug-likeness (QED) is 0.287. The SMILES string of the molecule is CCc1ccncc1C(=O)Nc1cc(F)c(Oc2ccnc3cc(OCCNC)c(OC)cc23)c(F)c1. The van der Waals surface area contributed by atoms with Gasteiger partial charge < -0.3 is 24.8 Å². The molecule has 2 N–H and O–H groups in total. The lowest BCUT2D eigenvalue weighted by Gasteiger charge is -2.15. The number of benzene rings is 2. The van der Waals surface area contributed by atoms with Gasteiger partial charge in [0.1, 0.15) is 12.4 Å². The number of pyridine rings is 2. The molecule has 0 spiro atoms. The molecular weight excluding hydrogens is 482 g/mol. The summed E-state index contributed by atoms with van der Waals surface area (Å²) in [5.41, 5.74) is 1.54. The van der Waals surface area contributed by atoms with Gasteiger partial charge in [-0.15, -0.1) is 0 Å². The standard InChI is InChI=1S/C27H26F2N4O4/c1-4-16-5-7-31-15-19(16)27(34)33-17-11-20(28)26(21(29)12-17)37-23-6-8-32-22-14-25(36-10-9-30-2)24(35-3)13-18(22)23/h5-8,11-15,30H,4,9-10H2,1-3H3,(H,33,34). The molecule has 37 heavy (non-hydrogen) atoms. The molecule has 10 heteroatoms. The number of amides is 1. The summed E-state index contributed by atoms with van der Waals surface area (Å²) in [6.07, 6.45) is 5.07. The van der Waals surface area contributed by atoms with Crippen molar-refractivity contribution in [1.82, 2.24) is 15.3 Å². The van der Waals surface area contributed by atoms with Crippen molar-refractivity contribution in [1.29, 1.82) is 0 Å². The number of methoxy groups -OCH3 is 1. The summed E-state index contributed by atoms with van der Waals surface area (Å²) < 4.78 is 46.8. The first-order valence-corrected chi connectivity index (χ1v) is 11.6. The fraction of sp³-hybridized carbons (Fsp3) is 0.222. The molecule has 192 valence electrons. The summed E-state index contributed by atoms with van der Waals surface area (Å²) in [5, 5.41) is 5.98. The molecule has 0 atom stereocenters. The van der Waals surface area contributed by atoms with Crippen LogP contribution >= 0.6 is 0 Å². The van der Waals surface area contributed by atoms with Crippen LogP contribution in [0.15, 0.2) is 55.0 Å². The Balaban J connectivity index is 1.61. The molecular formula is C27H26F2N4O4. The van der Waals surface area contributed by atoms with E-state index in [1.54, 1.807) is 24.4 Å². The predicted octanol–water partition coefficient (Wildman–Crippen LogP) is 5.12. The largest absolute Gasteiger partial charge is 0.493 e. The van der Waals surface area contributed by atoms with Crippen molar-refractivity contribution in [3.05, 3.63) is 77.8 Å². The number of aryl methyl sites for hydroxylation is 1. The first kappa shape index (κ1) is 25.8. The van der Waals surface area contributed by atoms with E-state index < -0.39 is 23.3 Å². The number of nitrogens with zero attached hydrogens (tertiary/aromatic N) is 2. The number of nitrogens with one attached hydrogen (secondary N) is 2. The van der Waals surface area contributed by atoms with E-state index in [4.69, 9.17) is 14.2 Å². The van der Waals surface area contributed by atoms with Crippen LogP contribution < -0.4 is 24.8 Å². The highest BCUT2D eigenvalue weighted by Gasteiger charge is 2.19. The van der Waals surface area contributed by atoms with Crippen molar-refractivity contribution in [2.75, 3.05) is 32.6 Å². The number of likely N-dealkylation sites (N-methyl/N-ethyl adjacent to an activating group) is 1. The molecule has 8 nitrogen and oxygen atoms in total. The predicted molar refractivity (Wildman–Crippen MR) is 136 cm³/mol. The minimum absolute atomic E-state index is 0.0529. The lowest BCUT2D eigenvalue weighted by molar-refractivity contribution is 0.102. The molecule has 0 aliphatic carbocycles. The van der Waals surface area contributed by atoms with Crippen molar-refractivity contribution >= 4 is 22.5 Å². The van der Waals surface area contributed by atoms with E-state index in [-0.39, 0.29) is 11.4 Å². The normalized spacial score (nSPS) is 10.8. The van der Waals surface area contributed by atoms with Gasteiger partial charge in [0.15, 0.2) is 28.9 Å². The fourth-order valence-electron chi connectivity index (χ4n) is 3.73. The molecule has 0 unspecified atom stereocenters. The maximum Gasteiger partial charge on any atom is 0.257 e. The third-order valence-corrected chi connectivity index (χ3v) is 5.60. The Bertz CT molecular complexity index is 1410. The molecule has 0 radical (unpaired) electrons. The second-order valence-electron chi connectivity index (χ2n) is 7.99. The van der Waals surface area contributed by atoms with Crippen LogP contribution in [0, 0.1) is 11.6 Å². The lowest BCUT2D eigenvalue weighted by Crippen LogP contribution is -2.16. The highest BCUT2D eigenvalue weighted by molar-refractivity contribution is 6.05. The van der Waals surface area contributed by atoms with E-state index in [0.717, 1.165) is 17.7 Å². The van der Waals surface area contributed by atoms with Crippen molar-refractivity contribution in [2.24, 2.45) is 0 Å². The maximum atomic E-state index is 15.0. The zero-order valence-corrected chi connectivity index (χ0v) is 20.6. The minimum atomic E-state index is -0.985. The highest BCUT2D eigenvalue weighted by atomic mass is 19.1. The van der Waals surface area contributed by atoms with Gasteiger partial charge >= 0.3 is 0 Å². The van der Waals surface area contributed by atoms with Gasteiger partial charge in [0.05, 0.1) is 18.2 Å². The van der Waals surface area contributed by atoms with E-state index in [1.165, 1.54) is 25.6 Å². The number of carbonyl (C=O) groups excluding carboxylic acids is 1. The van der Waals surface area contributed by atoms with Crippen LogP contribution in [-0.4, -0.2) is 43.2 Å². The van der Waals surface area contributed by atoms with Gasteiger partial charge in [-0.25, -0.2) is 8.78 Å². The van der Waals surface area contributed by atoms with Crippen molar-refractivity contribution < 1.29 is 27.8 Å². The van der Waals surface area contributed by atoms with Crippen molar-refractivity contribution in [2.45, 2.75) is 13.3 Å². The smallest absolute Gasteiger partial charge is 0.257 e. The molecule has 4 aromatic rings. The summed E-state index contributed by atoms with van der Waals surface area (Å²) in [7, 11) is 3.30. The Morgan fingerprint density at radius 2 is 1.81 bits per heavy atom. The zero-order valence-electron chi connectivity index (χ0n) is 20.6. The average Bonchev–Trinajstić information content (AvgIpc) is 2.90. The lowest BCUT2D eigenvalue weighted by atomic mass is 10.1. The third kappa shape index (κ3) is 5.75. The first-order chi connectivity index (χ1) is 17.9. The first-order valence-electron chi connectivity index (χ1n) is 11.6. The number of anilines is 1. The number of aromatic nitrogens is 2. The number of halogens is 2. The van der Waals surface area contributed by atoms with Crippen LogP contribution in [0.2, 0.25) is 0 Å². The van der Waals surface area contributed by atoms with Crippen LogP contribution in [0.25, 0.3) is 10.9 Å². The fourth-order valence-corrected chi connectivity index (χ4v) is 3.73. The Hall–Kier alpha value is -4.31. The second-order valence-corrected chi connectivity index (χ2v) is 7.99.